The lowest BCUT2D eigenvalue weighted by molar-refractivity contribution is 0.670. The highest BCUT2D eigenvalue weighted by Crippen LogP contribution is 2.54. The standard InChI is InChI=1S/C56H37N3O2/c1-34-24-28-38(29-25-34)57(36-14-5-3-6-15-36)46-32-44-40-18-9-11-22-48(40)60-55(44)53-50(46)42-20-13-21-43-51-47(58(37-16-7-4-8-17-37)39-30-26-35(2)27-31-39)33-45-41-19-10-12-23-49(41)61-56(45)54(51)59(53)52(42)43/h3-33H,1-2H3. The van der Waals surface area contributed by atoms with Crippen LogP contribution < -0.4 is 9.80 Å². The fourth-order valence-corrected chi connectivity index (χ4v) is 9.89. The van der Waals surface area contributed by atoms with E-state index in [0.29, 0.717) is 0 Å². The fraction of sp³-hybridized carbons (Fsp3) is 0.0357. The molecule has 0 bridgehead atoms. The molecule has 0 spiro atoms. The largest absolute Gasteiger partial charge is 0.454 e. The van der Waals surface area contributed by atoms with Crippen molar-refractivity contribution in [2.45, 2.75) is 13.8 Å². The number of para-hydroxylation sites is 5. The zero-order chi connectivity index (χ0) is 40.3. The Morgan fingerprint density at radius 2 is 0.721 bits per heavy atom. The Hall–Kier alpha value is -8.02. The summed E-state index contributed by atoms with van der Waals surface area (Å²) in [4.78, 5) is 4.81. The molecular formula is C56H37N3O2. The summed E-state index contributed by atoms with van der Waals surface area (Å²) in [5.74, 6) is 0. The van der Waals surface area contributed by atoms with Gasteiger partial charge in [0.2, 0.25) is 0 Å². The summed E-state index contributed by atoms with van der Waals surface area (Å²) >= 11 is 0. The molecule has 5 heteroatoms. The van der Waals surface area contributed by atoms with E-state index < -0.39 is 0 Å². The molecule has 5 nitrogen and oxygen atoms in total. The summed E-state index contributed by atoms with van der Waals surface area (Å²) in [7, 11) is 0. The van der Waals surface area contributed by atoms with Crippen LogP contribution in [-0.2, 0) is 0 Å². The smallest absolute Gasteiger partial charge is 0.160 e. The number of fused-ring (bicyclic) bond motifs is 14. The Morgan fingerprint density at radius 1 is 0.344 bits per heavy atom. The lowest BCUT2D eigenvalue weighted by atomic mass is 10.0. The number of hydrogen-bond donors (Lipinski definition) is 0. The van der Waals surface area contributed by atoms with Crippen LogP contribution in [0.25, 0.3) is 82.0 Å². The molecular weight excluding hydrogens is 747 g/mol. The molecule has 0 saturated heterocycles. The molecule has 0 aliphatic rings. The van der Waals surface area contributed by atoms with Crippen molar-refractivity contribution in [1.29, 1.82) is 0 Å². The maximum Gasteiger partial charge on any atom is 0.160 e. The quantitative estimate of drug-likeness (QED) is 0.168. The minimum Gasteiger partial charge on any atom is -0.454 e. The maximum atomic E-state index is 7.06. The third-order valence-electron chi connectivity index (χ3n) is 12.6. The molecule has 4 heterocycles. The van der Waals surface area contributed by atoms with Crippen molar-refractivity contribution in [3.05, 3.63) is 199 Å². The molecule has 288 valence electrons. The summed E-state index contributed by atoms with van der Waals surface area (Å²) in [6.07, 6.45) is 0. The Morgan fingerprint density at radius 3 is 1.16 bits per heavy atom. The number of aromatic nitrogens is 1. The SMILES string of the molecule is Cc1ccc(N(c2ccccc2)c2cc3c4ccccc4oc3c3c2c2cccc4c5c(N(c6ccccc6)c6ccc(C)cc6)cc6c7ccccc7oc6c5n3c24)cc1. The van der Waals surface area contributed by atoms with Gasteiger partial charge in [-0.2, -0.15) is 0 Å². The molecule has 0 atom stereocenters. The Labute approximate surface area is 350 Å². The molecule has 0 N–H and O–H groups in total. The van der Waals surface area contributed by atoms with Crippen LogP contribution in [0.3, 0.4) is 0 Å². The molecule has 13 aromatic rings. The van der Waals surface area contributed by atoms with Gasteiger partial charge in [-0.05, 0) is 86.6 Å². The van der Waals surface area contributed by atoms with Gasteiger partial charge >= 0.3 is 0 Å². The lowest BCUT2D eigenvalue weighted by Gasteiger charge is -2.27. The van der Waals surface area contributed by atoms with Crippen LogP contribution in [0.15, 0.2) is 197 Å². The number of hydrogen-bond acceptors (Lipinski definition) is 4. The highest BCUT2D eigenvalue weighted by Gasteiger charge is 2.31. The van der Waals surface area contributed by atoms with Gasteiger partial charge in [0.1, 0.15) is 22.2 Å². The number of aryl methyl sites for hydroxylation is 2. The fourth-order valence-electron chi connectivity index (χ4n) is 9.89. The minimum atomic E-state index is 0.847. The molecule has 13 rings (SSSR count). The van der Waals surface area contributed by atoms with Crippen molar-refractivity contribution in [2.75, 3.05) is 9.80 Å². The first-order valence-electron chi connectivity index (χ1n) is 20.8. The molecule has 0 aliphatic heterocycles. The van der Waals surface area contributed by atoms with Gasteiger partial charge in [0.05, 0.1) is 16.9 Å². The third kappa shape index (κ3) is 4.83. The van der Waals surface area contributed by atoms with E-state index in [2.05, 4.69) is 216 Å². The van der Waals surface area contributed by atoms with Crippen molar-refractivity contribution in [2.24, 2.45) is 0 Å². The molecule has 0 aliphatic carbocycles. The van der Waals surface area contributed by atoms with Crippen LogP contribution >= 0.6 is 0 Å². The summed E-state index contributed by atoms with van der Waals surface area (Å²) < 4.78 is 16.6. The van der Waals surface area contributed by atoms with E-state index in [1.165, 1.54) is 11.1 Å². The average Bonchev–Trinajstić information content (AvgIpc) is 4.06. The van der Waals surface area contributed by atoms with E-state index in [-0.39, 0.29) is 0 Å². The first kappa shape index (κ1) is 33.9. The second-order valence-corrected chi connectivity index (χ2v) is 16.2. The van der Waals surface area contributed by atoms with Gasteiger partial charge in [-0.15, -0.1) is 0 Å². The molecule has 0 radical (unpaired) electrons. The molecule has 9 aromatic carbocycles. The monoisotopic (exact) mass is 783 g/mol. The van der Waals surface area contributed by atoms with Crippen LogP contribution in [0.4, 0.5) is 34.1 Å². The summed E-state index contributed by atoms with van der Waals surface area (Å²) in [6.45, 7) is 4.28. The van der Waals surface area contributed by atoms with Crippen LogP contribution in [-0.4, -0.2) is 4.40 Å². The van der Waals surface area contributed by atoms with Gasteiger partial charge in [0.25, 0.3) is 0 Å². The van der Waals surface area contributed by atoms with Crippen LogP contribution in [0.5, 0.6) is 0 Å². The summed E-state index contributed by atoms with van der Waals surface area (Å²) in [5.41, 5.74) is 15.5. The second-order valence-electron chi connectivity index (χ2n) is 16.2. The van der Waals surface area contributed by atoms with E-state index >= 15 is 0 Å². The first-order valence-corrected chi connectivity index (χ1v) is 20.8. The Kier molecular flexibility index (Phi) is 7.08. The van der Waals surface area contributed by atoms with E-state index in [4.69, 9.17) is 8.83 Å². The zero-order valence-corrected chi connectivity index (χ0v) is 33.6. The minimum absolute atomic E-state index is 0.847. The lowest BCUT2D eigenvalue weighted by Crippen LogP contribution is -2.10. The van der Waals surface area contributed by atoms with Crippen LogP contribution in [0, 0.1) is 13.8 Å². The van der Waals surface area contributed by atoms with Crippen LogP contribution in [0.2, 0.25) is 0 Å². The molecule has 61 heavy (non-hydrogen) atoms. The molecule has 0 fully saturated rings. The van der Waals surface area contributed by atoms with Gasteiger partial charge in [-0.1, -0.05) is 126 Å². The molecule has 0 saturated carbocycles. The predicted octanol–water partition coefficient (Wildman–Crippen LogP) is 16.2. The van der Waals surface area contributed by atoms with Crippen molar-refractivity contribution in [1.82, 2.24) is 4.40 Å². The number of benzene rings is 9. The van der Waals surface area contributed by atoms with E-state index in [0.717, 1.165) is 116 Å². The number of rotatable bonds is 6. The summed E-state index contributed by atoms with van der Waals surface area (Å²) in [5, 5.41) is 8.79. The van der Waals surface area contributed by atoms with Crippen molar-refractivity contribution < 1.29 is 8.83 Å². The third-order valence-corrected chi connectivity index (χ3v) is 12.6. The van der Waals surface area contributed by atoms with Gasteiger partial charge in [0.15, 0.2) is 11.2 Å². The highest BCUT2D eigenvalue weighted by atomic mass is 16.3. The van der Waals surface area contributed by atoms with Gasteiger partial charge in [-0.3, -0.25) is 0 Å². The van der Waals surface area contributed by atoms with E-state index in [1.54, 1.807) is 0 Å². The molecule has 0 amide bonds. The highest BCUT2D eigenvalue weighted by molar-refractivity contribution is 6.36. The summed E-state index contributed by atoms with van der Waals surface area (Å²) in [6, 6.07) is 67.4. The normalized spacial score (nSPS) is 12.1. The van der Waals surface area contributed by atoms with E-state index in [1.807, 2.05) is 0 Å². The molecule has 0 unspecified atom stereocenters. The number of anilines is 6. The molecule has 4 aromatic heterocycles. The van der Waals surface area contributed by atoms with Gasteiger partial charge in [-0.25, -0.2) is 0 Å². The predicted molar refractivity (Wildman–Crippen MR) is 254 cm³/mol. The van der Waals surface area contributed by atoms with E-state index in [9.17, 15) is 0 Å². The second kappa shape index (κ2) is 12.7. The Balaban J connectivity index is 1.28. The zero-order valence-electron chi connectivity index (χ0n) is 33.6. The topological polar surface area (TPSA) is 37.2 Å². The van der Waals surface area contributed by atoms with Crippen molar-refractivity contribution >= 4 is 116 Å². The Bertz CT molecular complexity index is 3580. The van der Waals surface area contributed by atoms with Gasteiger partial charge < -0.3 is 23.0 Å². The first-order chi connectivity index (χ1) is 30.1. The van der Waals surface area contributed by atoms with Crippen molar-refractivity contribution in [3.8, 4) is 0 Å². The average molecular weight is 784 g/mol. The van der Waals surface area contributed by atoms with Gasteiger partial charge in [0, 0.05) is 65.8 Å². The number of furan rings is 2. The van der Waals surface area contributed by atoms with Crippen LogP contribution in [0.1, 0.15) is 11.1 Å². The van der Waals surface area contributed by atoms with Crippen molar-refractivity contribution in [3.63, 3.8) is 0 Å². The maximum absolute atomic E-state index is 7.06. The number of nitrogens with zero attached hydrogens (tertiary/aromatic N) is 3.